The van der Waals surface area contributed by atoms with Gasteiger partial charge in [-0.2, -0.15) is 13.2 Å². The van der Waals surface area contributed by atoms with Crippen molar-refractivity contribution < 1.29 is 22.6 Å². The lowest BCUT2D eigenvalue weighted by Crippen LogP contribution is -2.39. The molecule has 0 N–H and O–H groups in total. The Morgan fingerprint density at radius 2 is 1.67 bits per heavy atom. The topological polar surface area (TPSA) is 18.5 Å². The van der Waals surface area contributed by atoms with Gasteiger partial charge in [-0.25, -0.2) is 0 Å². The van der Waals surface area contributed by atoms with E-state index in [2.05, 4.69) is 15.9 Å². The Bertz CT molecular complexity index is 397. The Morgan fingerprint density at radius 1 is 1.11 bits per heavy atom. The van der Waals surface area contributed by atoms with Gasteiger partial charge in [0.15, 0.2) is 0 Å². The van der Waals surface area contributed by atoms with Crippen LogP contribution < -0.4 is 0 Å². The molecule has 1 aromatic rings. The second kappa shape index (κ2) is 5.19. The van der Waals surface area contributed by atoms with Crippen molar-refractivity contribution in [3.05, 3.63) is 35.4 Å². The molecule has 1 aliphatic rings. The van der Waals surface area contributed by atoms with Gasteiger partial charge in [0.25, 0.3) is 0 Å². The summed E-state index contributed by atoms with van der Waals surface area (Å²) in [6, 6.07) is 4.88. The van der Waals surface area contributed by atoms with Crippen LogP contribution in [0.3, 0.4) is 0 Å². The molecule has 0 aliphatic carbocycles. The second-order valence-corrected chi connectivity index (χ2v) is 4.57. The SMILES string of the molecule is FC(F)(F)c1ccc(C2(CBr)OCCCO2)cc1. The number of alkyl halides is 4. The average molecular weight is 325 g/mol. The molecule has 0 radical (unpaired) electrons. The van der Waals surface area contributed by atoms with Crippen LogP contribution in [0.25, 0.3) is 0 Å². The van der Waals surface area contributed by atoms with Crippen molar-refractivity contribution in [3.8, 4) is 0 Å². The van der Waals surface area contributed by atoms with Gasteiger partial charge in [0.1, 0.15) is 0 Å². The fourth-order valence-corrected chi connectivity index (χ4v) is 2.46. The van der Waals surface area contributed by atoms with Crippen molar-refractivity contribution in [1.29, 1.82) is 0 Å². The maximum atomic E-state index is 12.5. The normalized spacial score (nSPS) is 19.8. The van der Waals surface area contributed by atoms with Gasteiger partial charge < -0.3 is 9.47 Å². The van der Waals surface area contributed by atoms with Crippen molar-refractivity contribution in [3.63, 3.8) is 0 Å². The first-order valence-corrected chi connectivity index (χ1v) is 6.62. The molecule has 0 spiro atoms. The number of hydrogen-bond acceptors (Lipinski definition) is 2. The van der Waals surface area contributed by atoms with Crippen LogP contribution in [0, 0.1) is 0 Å². The number of ether oxygens (including phenoxy) is 2. The highest BCUT2D eigenvalue weighted by molar-refractivity contribution is 9.09. The third-order valence-corrected chi connectivity index (χ3v) is 3.53. The molecule has 2 nitrogen and oxygen atoms in total. The van der Waals surface area contributed by atoms with E-state index in [-0.39, 0.29) is 0 Å². The molecule has 100 valence electrons. The summed E-state index contributed by atoms with van der Waals surface area (Å²) in [6.45, 7) is 1.07. The predicted octanol–water partition coefficient (Wildman–Crippen LogP) is 3.69. The minimum absolute atomic E-state index is 0.380. The third kappa shape index (κ3) is 2.70. The van der Waals surface area contributed by atoms with Gasteiger partial charge in [-0.05, 0) is 18.6 Å². The molecule has 0 aromatic heterocycles. The van der Waals surface area contributed by atoms with E-state index in [1.54, 1.807) is 0 Å². The first-order chi connectivity index (χ1) is 8.48. The molecular weight excluding hydrogens is 313 g/mol. The Labute approximate surface area is 111 Å². The minimum Gasteiger partial charge on any atom is -0.345 e. The fourth-order valence-electron chi connectivity index (χ4n) is 1.81. The lowest BCUT2D eigenvalue weighted by atomic mass is 10.0. The maximum Gasteiger partial charge on any atom is 0.416 e. The van der Waals surface area contributed by atoms with Gasteiger partial charge >= 0.3 is 6.18 Å². The lowest BCUT2D eigenvalue weighted by molar-refractivity contribution is -0.260. The van der Waals surface area contributed by atoms with E-state index in [1.807, 2.05) is 0 Å². The molecule has 0 atom stereocenters. The van der Waals surface area contributed by atoms with Crippen LogP contribution in [0.15, 0.2) is 24.3 Å². The highest BCUT2D eigenvalue weighted by Crippen LogP contribution is 2.35. The molecule has 1 heterocycles. The Hall–Kier alpha value is -0.590. The molecular formula is C12H12BrF3O2. The first-order valence-electron chi connectivity index (χ1n) is 5.49. The van der Waals surface area contributed by atoms with E-state index in [0.29, 0.717) is 24.1 Å². The molecule has 1 saturated heterocycles. The Morgan fingerprint density at radius 3 is 2.11 bits per heavy atom. The molecule has 6 heteroatoms. The average Bonchev–Trinajstić information content (AvgIpc) is 2.39. The molecule has 2 rings (SSSR count). The highest BCUT2D eigenvalue weighted by atomic mass is 79.9. The Balaban J connectivity index is 2.27. The minimum atomic E-state index is -4.33. The first kappa shape index (κ1) is 13.8. The lowest BCUT2D eigenvalue weighted by Gasteiger charge is -2.36. The summed E-state index contributed by atoms with van der Waals surface area (Å²) >= 11 is 3.29. The summed E-state index contributed by atoms with van der Waals surface area (Å²) in [5.41, 5.74) is -0.0844. The zero-order valence-electron chi connectivity index (χ0n) is 9.47. The summed E-state index contributed by atoms with van der Waals surface area (Å²) in [6.07, 6.45) is -3.54. The van der Waals surface area contributed by atoms with Crippen molar-refractivity contribution in [1.82, 2.24) is 0 Å². The van der Waals surface area contributed by atoms with Crippen LogP contribution in [0.4, 0.5) is 13.2 Å². The van der Waals surface area contributed by atoms with E-state index in [4.69, 9.17) is 9.47 Å². The van der Waals surface area contributed by atoms with Crippen LogP contribution >= 0.6 is 15.9 Å². The molecule has 0 amide bonds. The fraction of sp³-hybridized carbons (Fsp3) is 0.500. The standard InChI is InChI=1S/C12H12BrF3O2/c13-8-11(17-6-1-7-18-11)9-2-4-10(5-3-9)12(14,15)16/h2-5H,1,6-8H2. The number of rotatable bonds is 2. The summed E-state index contributed by atoms with van der Waals surface area (Å²) in [5.74, 6) is -0.970. The van der Waals surface area contributed by atoms with Crippen molar-refractivity contribution >= 4 is 15.9 Å². The van der Waals surface area contributed by atoms with Gasteiger partial charge in [0.2, 0.25) is 5.79 Å². The van der Waals surface area contributed by atoms with Crippen LogP contribution in [-0.2, 0) is 21.4 Å². The van der Waals surface area contributed by atoms with E-state index in [9.17, 15) is 13.2 Å². The van der Waals surface area contributed by atoms with E-state index >= 15 is 0 Å². The summed E-state index contributed by atoms with van der Waals surface area (Å²) in [7, 11) is 0. The van der Waals surface area contributed by atoms with Gasteiger partial charge in [0.05, 0.1) is 24.1 Å². The van der Waals surface area contributed by atoms with Crippen LogP contribution in [0.5, 0.6) is 0 Å². The van der Waals surface area contributed by atoms with Crippen LogP contribution in [0.2, 0.25) is 0 Å². The van der Waals surface area contributed by atoms with E-state index < -0.39 is 17.5 Å². The molecule has 1 fully saturated rings. The summed E-state index contributed by atoms with van der Waals surface area (Å²) < 4.78 is 48.6. The molecule has 0 saturated carbocycles. The van der Waals surface area contributed by atoms with Crippen LogP contribution in [0.1, 0.15) is 17.5 Å². The van der Waals surface area contributed by atoms with Gasteiger partial charge in [-0.3, -0.25) is 0 Å². The Kier molecular flexibility index (Phi) is 3.99. The van der Waals surface area contributed by atoms with Crippen LogP contribution in [-0.4, -0.2) is 18.5 Å². The zero-order valence-corrected chi connectivity index (χ0v) is 11.1. The molecule has 18 heavy (non-hydrogen) atoms. The van der Waals surface area contributed by atoms with E-state index in [0.717, 1.165) is 18.6 Å². The quantitative estimate of drug-likeness (QED) is 0.772. The summed E-state index contributed by atoms with van der Waals surface area (Å²) in [4.78, 5) is 0. The number of halogens is 4. The monoisotopic (exact) mass is 324 g/mol. The van der Waals surface area contributed by atoms with Crippen molar-refractivity contribution in [2.24, 2.45) is 0 Å². The number of hydrogen-bond donors (Lipinski definition) is 0. The summed E-state index contributed by atoms with van der Waals surface area (Å²) in [5, 5.41) is 0.380. The highest BCUT2D eigenvalue weighted by Gasteiger charge is 2.37. The largest absolute Gasteiger partial charge is 0.416 e. The smallest absolute Gasteiger partial charge is 0.345 e. The second-order valence-electron chi connectivity index (χ2n) is 4.01. The molecule has 0 unspecified atom stereocenters. The zero-order chi connectivity index (χ0) is 13.2. The van der Waals surface area contributed by atoms with E-state index in [1.165, 1.54) is 12.1 Å². The van der Waals surface area contributed by atoms with Crippen molar-refractivity contribution in [2.45, 2.75) is 18.4 Å². The van der Waals surface area contributed by atoms with Gasteiger partial charge in [-0.1, -0.05) is 28.1 Å². The number of benzene rings is 1. The molecule has 1 aromatic carbocycles. The predicted molar refractivity (Wildman–Crippen MR) is 63.4 cm³/mol. The van der Waals surface area contributed by atoms with Gasteiger partial charge in [0, 0.05) is 5.56 Å². The maximum absolute atomic E-state index is 12.5. The van der Waals surface area contributed by atoms with Gasteiger partial charge in [-0.15, -0.1) is 0 Å². The molecule has 1 aliphatic heterocycles. The molecule has 0 bridgehead atoms. The third-order valence-electron chi connectivity index (χ3n) is 2.79. The van der Waals surface area contributed by atoms with Crippen molar-refractivity contribution in [2.75, 3.05) is 18.5 Å².